The molecule has 1 heterocycles. The van der Waals surface area contributed by atoms with Crippen LogP contribution in [-0.4, -0.2) is 9.91 Å². The molecule has 0 aliphatic rings. The third-order valence-corrected chi connectivity index (χ3v) is 4.27. The molecular formula is C13H14ClN3O2S. The summed E-state index contributed by atoms with van der Waals surface area (Å²) in [5.41, 5.74) is 1.28. The van der Waals surface area contributed by atoms with Gasteiger partial charge in [0, 0.05) is 22.7 Å². The average molecular weight is 312 g/mol. The van der Waals surface area contributed by atoms with Gasteiger partial charge in [0.25, 0.3) is 5.69 Å². The zero-order valence-corrected chi connectivity index (χ0v) is 12.9. The second-order valence-corrected chi connectivity index (χ2v) is 6.22. The first-order chi connectivity index (χ1) is 9.38. The Kier molecular flexibility index (Phi) is 4.25. The average Bonchev–Trinajstić information content (AvgIpc) is 2.79. The van der Waals surface area contributed by atoms with Crippen molar-refractivity contribution >= 4 is 34.3 Å². The number of thiazole rings is 1. The molecule has 5 nitrogen and oxygen atoms in total. The van der Waals surface area contributed by atoms with Crippen LogP contribution in [0.3, 0.4) is 0 Å². The first kappa shape index (κ1) is 14.7. The topological polar surface area (TPSA) is 68.1 Å². The van der Waals surface area contributed by atoms with Crippen LogP contribution >= 0.6 is 22.9 Å². The molecule has 0 bridgehead atoms. The number of hydrogen-bond donors (Lipinski definition) is 1. The number of hydrogen-bond acceptors (Lipinski definition) is 5. The van der Waals surface area contributed by atoms with Crippen molar-refractivity contribution < 1.29 is 4.92 Å². The lowest BCUT2D eigenvalue weighted by atomic mass is 10.1. The zero-order valence-electron chi connectivity index (χ0n) is 11.3. The number of nitrogens with one attached hydrogen (secondary N) is 1. The van der Waals surface area contributed by atoms with Gasteiger partial charge >= 0.3 is 0 Å². The molecule has 0 saturated carbocycles. The normalized spacial score (nSPS) is 12.2. The third-order valence-electron chi connectivity index (χ3n) is 2.86. The maximum Gasteiger partial charge on any atom is 0.273 e. The third kappa shape index (κ3) is 3.08. The molecule has 0 fully saturated rings. The number of nitro groups is 1. The minimum absolute atomic E-state index is 0.00736. The fraction of sp³-hybridized carbons (Fsp3) is 0.308. The maximum atomic E-state index is 10.8. The Balaban J connectivity index is 2.25. The Morgan fingerprint density at radius 2 is 2.15 bits per heavy atom. The molecule has 7 heteroatoms. The van der Waals surface area contributed by atoms with Crippen LogP contribution in [0.1, 0.15) is 28.4 Å². The lowest BCUT2D eigenvalue weighted by molar-refractivity contribution is -0.385. The van der Waals surface area contributed by atoms with Gasteiger partial charge in [-0.15, -0.1) is 11.3 Å². The van der Waals surface area contributed by atoms with E-state index in [1.54, 1.807) is 24.3 Å². The van der Waals surface area contributed by atoms with Crippen LogP contribution in [0, 0.1) is 24.0 Å². The van der Waals surface area contributed by atoms with Gasteiger partial charge in [0.1, 0.15) is 5.01 Å². The van der Waals surface area contributed by atoms with E-state index in [9.17, 15) is 10.1 Å². The molecule has 1 unspecified atom stereocenters. The summed E-state index contributed by atoms with van der Waals surface area (Å²) in [7, 11) is 0. The summed E-state index contributed by atoms with van der Waals surface area (Å²) >= 11 is 7.71. The van der Waals surface area contributed by atoms with Gasteiger partial charge in [-0.25, -0.2) is 4.98 Å². The van der Waals surface area contributed by atoms with Crippen molar-refractivity contribution in [1.29, 1.82) is 0 Å². The number of nitro benzene ring substituents is 1. The molecule has 0 spiro atoms. The van der Waals surface area contributed by atoms with Gasteiger partial charge in [-0.1, -0.05) is 11.6 Å². The Morgan fingerprint density at radius 1 is 1.45 bits per heavy atom. The van der Waals surface area contributed by atoms with E-state index in [0.717, 1.165) is 9.88 Å². The molecule has 1 aromatic heterocycles. The molecule has 0 radical (unpaired) electrons. The van der Waals surface area contributed by atoms with Crippen molar-refractivity contribution in [3.63, 3.8) is 0 Å². The van der Waals surface area contributed by atoms with E-state index in [1.165, 1.54) is 6.07 Å². The molecule has 106 valence electrons. The standard InChI is InChI=1S/C13H14ClN3O2S/c1-7-4-11(10(14)5-12(7)17(18)19)16-9(3)13-15-6-8(2)20-13/h4-6,9,16H,1-3H3. The second kappa shape index (κ2) is 5.76. The number of anilines is 1. The first-order valence-electron chi connectivity index (χ1n) is 6.02. The molecule has 0 saturated heterocycles. The van der Waals surface area contributed by atoms with Crippen molar-refractivity contribution in [2.45, 2.75) is 26.8 Å². The Morgan fingerprint density at radius 3 is 2.70 bits per heavy atom. The van der Waals surface area contributed by atoms with Crippen molar-refractivity contribution in [2.24, 2.45) is 0 Å². The number of benzene rings is 1. The van der Waals surface area contributed by atoms with E-state index in [-0.39, 0.29) is 11.7 Å². The van der Waals surface area contributed by atoms with E-state index < -0.39 is 4.92 Å². The lowest BCUT2D eigenvalue weighted by Crippen LogP contribution is -2.07. The van der Waals surface area contributed by atoms with Gasteiger partial charge in [-0.2, -0.15) is 0 Å². The van der Waals surface area contributed by atoms with Crippen LogP contribution in [0.25, 0.3) is 0 Å². The molecule has 1 atom stereocenters. The predicted molar refractivity (Wildman–Crippen MR) is 81.7 cm³/mol. The number of nitrogens with zero attached hydrogens (tertiary/aromatic N) is 2. The summed E-state index contributed by atoms with van der Waals surface area (Å²) < 4.78 is 0. The fourth-order valence-electron chi connectivity index (χ4n) is 1.85. The van der Waals surface area contributed by atoms with Crippen LogP contribution in [0.4, 0.5) is 11.4 Å². The molecular weight excluding hydrogens is 298 g/mol. The van der Waals surface area contributed by atoms with Crippen molar-refractivity contribution in [3.8, 4) is 0 Å². The summed E-state index contributed by atoms with van der Waals surface area (Å²) in [6, 6.07) is 3.06. The SMILES string of the molecule is Cc1cnc(C(C)Nc2cc(C)c([N+](=O)[O-])cc2Cl)s1. The molecule has 0 aliphatic heterocycles. The molecule has 2 aromatic rings. The van der Waals surface area contributed by atoms with Gasteiger partial charge in [0.15, 0.2) is 0 Å². The van der Waals surface area contributed by atoms with Gasteiger partial charge in [0.05, 0.1) is 21.7 Å². The Hall–Kier alpha value is -1.66. The number of rotatable bonds is 4. The van der Waals surface area contributed by atoms with Gasteiger partial charge < -0.3 is 5.32 Å². The molecule has 1 N–H and O–H groups in total. The van der Waals surface area contributed by atoms with Gasteiger partial charge in [-0.05, 0) is 26.8 Å². The summed E-state index contributed by atoms with van der Waals surface area (Å²) in [5.74, 6) is 0. The highest BCUT2D eigenvalue weighted by molar-refractivity contribution is 7.11. The highest BCUT2D eigenvalue weighted by Crippen LogP contribution is 2.33. The second-order valence-electron chi connectivity index (χ2n) is 4.55. The minimum Gasteiger partial charge on any atom is -0.375 e. The van der Waals surface area contributed by atoms with Crippen LogP contribution in [0.15, 0.2) is 18.3 Å². The summed E-state index contributed by atoms with van der Waals surface area (Å²) in [6.07, 6.45) is 1.82. The maximum absolute atomic E-state index is 10.8. The van der Waals surface area contributed by atoms with Gasteiger partial charge in [0.2, 0.25) is 0 Å². The van der Waals surface area contributed by atoms with Crippen LogP contribution in [0.5, 0.6) is 0 Å². The summed E-state index contributed by atoms with van der Waals surface area (Å²) in [6.45, 7) is 5.67. The van der Waals surface area contributed by atoms with Crippen LogP contribution < -0.4 is 5.32 Å². The van der Waals surface area contributed by atoms with Crippen molar-refractivity contribution in [1.82, 2.24) is 4.98 Å². The molecule has 20 heavy (non-hydrogen) atoms. The Labute approximate surface area is 125 Å². The zero-order chi connectivity index (χ0) is 14.9. The van der Waals surface area contributed by atoms with Gasteiger partial charge in [-0.3, -0.25) is 10.1 Å². The van der Waals surface area contributed by atoms with E-state index in [0.29, 0.717) is 16.3 Å². The lowest BCUT2D eigenvalue weighted by Gasteiger charge is -2.14. The monoisotopic (exact) mass is 311 g/mol. The van der Waals surface area contributed by atoms with Crippen LogP contribution in [0.2, 0.25) is 5.02 Å². The highest BCUT2D eigenvalue weighted by atomic mass is 35.5. The minimum atomic E-state index is -0.432. The van der Waals surface area contributed by atoms with E-state index >= 15 is 0 Å². The highest BCUT2D eigenvalue weighted by Gasteiger charge is 2.16. The quantitative estimate of drug-likeness (QED) is 0.667. The summed E-state index contributed by atoms with van der Waals surface area (Å²) in [5, 5.41) is 15.4. The molecule has 0 amide bonds. The molecule has 2 rings (SSSR count). The first-order valence-corrected chi connectivity index (χ1v) is 7.21. The number of aryl methyl sites for hydroxylation is 2. The largest absolute Gasteiger partial charge is 0.375 e. The van der Waals surface area contributed by atoms with Crippen LogP contribution in [-0.2, 0) is 0 Å². The van der Waals surface area contributed by atoms with E-state index in [1.807, 2.05) is 20.0 Å². The summed E-state index contributed by atoms with van der Waals surface area (Å²) in [4.78, 5) is 15.9. The van der Waals surface area contributed by atoms with E-state index in [2.05, 4.69) is 10.3 Å². The molecule has 1 aromatic carbocycles. The van der Waals surface area contributed by atoms with Crippen molar-refractivity contribution in [2.75, 3.05) is 5.32 Å². The number of aromatic nitrogens is 1. The molecule has 0 aliphatic carbocycles. The van der Waals surface area contributed by atoms with E-state index in [4.69, 9.17) is 11.6 Å². The fourth-order valence-corrected chi connectivity index (χ4v) is 2.83. The van der Waals surface area contributed by atoms with Crippen molar-refractivity contribution in [3.05, 3.63) is 48.9 Å². The number of halogens is 1. The smallest absolute Gasteiger partial charge is 0.273 e. The Bertz CT molecular complexity index is 657. The predicted octanol–water partition coefficient (Wildman–Crippen LogP) is 4.49.